The van der Waals surface area contributed by atoms with Gasteiger partial charge in [-0.05, 0) is 48.2 Å². The van der Waals surface area contributed by atoms with Crippen molar-refractivity contribution in [3.8, 4) is 0 Å². The van der Waals surface area contributed by atoms with Crippen molar-refractivity contribution in [2.45, 2.75) is 50.1 Å². The Kier molecular flexibility index (Phi) is 9.55. The molecule has 2 atom stereocenters. The highest BCUT2D eigenvalue weighted by Crippen LogP contribution is 2.38. The number of halogens is 2. The molecule has 7 nitrogen and oxygen atoms in total. The Bertz CT molecular complexity index is 1290. The van der Waals surface area contributed by atoms with E-state index in [1.54, 1.807) is 12.1 Å². The van der Waals surface area contributed by atoms with Gasteiger partial charge in [0.05, 0.1) is 5.69 Å². The number of nitrogens with two attached hydrogens (primary N) is 1. The molecule has 0 aromatic heterocycles. The first-order valence-electron chi connectivity index (χ1n) is 12.8. The Labute approximate surface area is 231 Å². The van der Waals surface area contributed by atoms with Gasteiger partial charge in [-0.1, -0.05) is 74.5 Å². The average molecular weight is 555 g/mol. The smallest absolute Gasteiger partial charge is 0.338 e. The summed E-state index contributed by atoms with van der Waals surface area (Å²) in [5.41, 5.74) is 8.72. The molecule has 4 rings (SSSR count). The Morgan fingerprint density at radius 2 is 1.79 bits per heavy atom. The molecule has 0 fully saturated rings. The molecule has 1 unspecified atom stereocenters. The van der Waals surface area contributed by atoms with Crippen molar-refractivity contribution in [1.29, 1.82) is 0 Å². The quantitative estimate of drug-likeness (QED) is 0.174. The van der Waals surface area contributed by atoms with Gasteiger partial charge in [-0.25, -0.2) is 18.6 Å². The standard InChI is InChI=1S/C29H32F2N4O3S/c1-3-13-29(32,27(36)37-19-33-18-21-10-8-9-20(4-2)14-21)39-28-35(25-16-23(30)15-24(31)17-25)34-26(38-28)22-11-6-5-7-12-22/h5-12,14-17,28,33H,3-4,13,18-19,32H2,1-2H3/t28?,29-/m0/s1. The van der Waals surface area contributed by atoms with Gasteiger partial charge in [-0.3, -0.25) is 5.32 Å². The maximum absolute atomic E-state index is 14.1. The van der Waals surface area contributed by atoms with Crippen LogP contribution in [-0.2, 0) is 27.2 Å². The molecule has 206 valence electrons. The number of hydrazone groups is 1. The molecule has 3 aromatic carbocycles. The minimum Gasteiger partial charge on any atom is -0.448 e. The summed E-state index contributed by atoms with van der Waals surface area (Å²) < 4.78 is 39.8. The zero-order valence-electron chi connectivity index (χ0n) is 21.9. The summed E-state index contributed by atoms with van der Waals surface area (Å²) in [5, 5.41) is 8.91. The van der Waals surface area contributed by atoms with E-state index < -0.39 is 28.0 Å². The predicted octanol–water partition coefficient (Wildman–Crippen LogP) is 5.49. The normalized spacial score (nSPS) is 16.4. The third kappa shape index (κ3) is 7.35. The van der Waals surface area contributed by atoms with Gasteiger partial charge in [0.1, 0.15) is 18.4 Å². The van der Waals surface area contributed by atoms with Crippen LogP contribution >= 0.6 is 11.8 Å². The van der Waals surface area contributed by atoms with Crippen LogP contribution in [0.1, 0.15) is 43.4 Å². The van der Waals surface area contributed by atoms with E-state index in [-0.39, 0.29) is 24.7 Å². The van der Waals surface area contributed by atoms with E-state index in [0.717, 1.165) is 41.9 Å². The predicted molar refractivity (Wildman–Crippen MR) is 150 cm³/mol. The molecule has 39 heavy (non-hydrogen) atoms. The summed E-state index contributed by atoms with van der Waals surface area (Å²) in [6, 6.07) is 20.3. The van der Waals surface area contributed by atoms with Crippen LogP contribution in [0.2, 0.25) is 0 Å². The lowest BCUT2D eigenvalue weighted by Crippen LogP contribution is -2.49. The number of carbonyl (C=O) groups excluding carboxylic acids is 1. The maximum atomic E-state index is 14.1. The van der Waals surface area contributed by atoms with Crippen molar-refractivity contribution < 1.29 is 23.0 Å². The molecular weight excluding hydrogens is 522 g/mol. The number of thioether (sulfide) groups is 1. The zero-order chi connectivity index (χ0) is 27.8. The first-order valence-corrected chi connectivity index (χ1v) is 13.7. The van der Waals surface area contributed by atoms with Crippen LogP contribution in [0.3, 0.4) is 0 Å². The van der Waals surface area contributed by atoms with Crippen molar-refractivity contribution in [1.82, 2.24) is 5.32 Å². The van der Waals surface area contributed by atoms with Crippen molar-refractivity contribution >= 4 is 29.3 Å². The monoisotopic (exact) mass is 554 g/mol. The Morgan fingerprint density at radius 3 is 2.49 bits per heavy atom. The van der Waals surface area contributed by atoms with E-state index in [2.05, 4.69) is 29.5 Å². The lowest BCUT2D eigenvalue weighted by atomic mass is 10.1. The number of hydrogen-bond acceptors (Lipinski definition) is 8. The highest BCUT2D eigenvalue weighted by Gasteiger charge is 2.44. The van der Waals surface area contributed by atoms with Gasteiger partial charge >= 0.3 is 5.97 Å². The fraction of sp³-hybridized carbons (Fsp3) is 0.310. The molecule has 0 aliphatic carbocycles. The van der Waals surface area contributed by atoms with Gasteiger partial charge < -0.3 is 15.2 Å². The SMILES string of the molecule is CCC[C@](N)(SC1OC(c2ccccc2)=NN1c1cc(F)cc(F)c1)C(=O)OCNCc1cccc(CC)c1. The minimum atomic E-state index is -1.50. The van der Waals surface area contributed by atoms with Crippen molar-refractivity contribution in [3.05, 3.63) is 101 Å². The summed E-state index contributed by atoms with van der Waals surface area (Å²) in [6.07, 6.45) is 1.80. The largest absolute Gasteiger partial charge is 0.448 e. The van der Waals surface area contributed by atoms with E-state index in [1.165, 1.54) is 10.6 Å². The highest BCUT2D eigenvalue weighted by molar-refractivity contribution is 8.01. The molecule has 0 saturated carbocycles. The number of rotatable bonds is 12. The Hall–Kier alpha value is -3.47. The van der Waals surface area contributed by atoms with Gasteiger partial charge in [0.15, 0.2) is 4.87 Å². The van der Waals surface area contributed by atoms with Gasteiger partial charge in [0.2, 0.25) is 11.5 Å². The molecule has 0 amide bonds. The van der Waals surface area contributed by atoms with E-state index in [1.807, 2.05) is 37.3 Å². The van der Waals surface area contributed by atoms with E-state index >= 15 is 0 Å². The second-order valence-electron chi connectivity index (χ2n) is 9.10. The number of esters is 1. The van der Waals surface area contributed by atoms with Gasteiger partial charge in [0.25, 0.3) is 0 Å². The second kappa shape index (κ2) is 13.1. The molecular formula is C29H32F2N4O3S. The first kappa shape index (κ1) is 28.5. The maximum Gasteiger partial charge on any atom is 0.338 e. The van der Waals surface area contributed by atoms with Gasteiger partial charge in [-0.15, -0.1) is 5.10 Å². The molecule has 3 aromatic rings. The third-order valence-corrected chi connectivity index (χ3v) is 7.34. The molecule has 0 saturated heterocycles. The zero-order valence-corrected chi connectivity index (χ0v) is 22.7. The van der Waals surface area contributed by atoms with Crippen molar-refractivity contribution in [2.75, 3.05) is 11.7 Å². The van der Waals surface area contributed by atoms with Gasteiger partial charge in [-0.2, -0.15) is 0 Å². The van der Waals surface area contributed by atoms with E-state index in [9.17, 15) is 13.6 Å². The van der Waals surface area contributed by atoms with E-state index in [4.69, 9.17) is 15.2 Å². The van der Waals surface area contributed by atoms with Gasteiger partial charge in [0, 0.05) is 18.2 Å². The molecule has 10 heteroatoms. The summed E-state index contributed by atoms with van der Waals surface area (Å²) >= 11 is 0.979. The number of nitrogens with one attached hydrogen (secondary N) is 1. The summed E-state index contributed by atoms with van der Waals surface area (Å²) in [4.78, 5) is 11.7. The topological polar surface area (TPSA) is 89.2 Å². The summed E-state index contributed by atoms with van der Waals surface area (Å²) in [7, 11) is 0. The van der Waals surface area contributed by atoms with Crippen LogP contribution in [0.4, 0.5) is 14.5 Å². The summed E-state index contributed by atoms with van der Waals surface area (Å²) in [5.74, 6) is -1.92. The molecule has 1 aliphatic rings. The molecule has 1 aliphatic heterocycles. The number of nitrogens with zero attached hydrogens (tertiary/aromatic N) is 2. The van der Waals surface area contributed by atoms with Crippen LogP contribution in [-0.4, -0.2) is 29.0 Å². The number of hydrogen-bond donors (Lipinski definition) is 2. The molecule has 0 radical (unpaired) electrons. The van der Waals surface area contributed by atoms with Crippen LogP contribution in [0.5, 0.6) is 0 Å². The average Bonchev–Trinajstić information content (AvgIpc) is 3.34. The lowest BCUT2D eigenvalue weighted by molar-refractivity contribution is -0.147. The number of anilines is 1. The van der Waals surface area contributed by atoms with Crippen LogP contribution in [0, 0.1) is 11.6 Å². The number of carbonyl (C=O) groups is 1. The fourth-order valence-electron chi connectivity index (χ4n) is 4.10. The minimum absolute atomic E-state index is 0.0332. The molecule has 0 bridgehead atoms. The fourth-order valence-corrected chi connectivity index (χ4v) is 5.34. The third-order valence-electron chi connectivity index (χ3n) is 6.06. The lowest BCUT2D eigenvalue weighted by Gasteiger charge is -2.31. The van der Waals surface area contributed by atoms with Crippen LogP contribution in [0.15, 0.2) is 77.9 Å². The van der Waals surface area contributed by atoms with Crippen LogP contribution < -0.4 is 16.1 Å². The number of ether oxygens (including phenoxy) is 2. The molecule has 1 heterocycles. The Morgan fingerprint density at radius 1 is 1.08 bits per heavy atom. The number of benzene rings is 3. The molecule has 0 spiro atoms. The van der Waals surface area contributed by atoms with Crippen LogP contribution in [0.25, 0.3) is 0 Å². The number of aryl methyl sites for hydroxylation is 1. The van der Waals surface area contributed by atoms with Crippen molar-refractivity contribution in [2.24, 2.45) is 10.8 Å². The highest BCUT2D eigenvalue weighted by atomic mass is 32.2. The second-order valence-corrected chi connectivity index (χ2v) is 10.5. The Balaban J connectivity index is 1.48. The van der Waals surface area contributed by atoms with Crippen molar-refractivity contribution in [3.63, 3.8) is 0 Å². The first-order chi connectivity index (χ1) is 18.8. The summed E-state index contributed by atoms with van der Waals surface area (Å²) in [6.45, 7) is 4.48. The molecule has 3 N–H and O–H groups in total. The van der Waals surface area contributed by atoms with E-state index in [0.29, 0.717) is 18.5 Å².